The molecule has 0 saturated carbocycles. The minimum Gasteiger partial charge on any atom is -0.394 e. The van der Waals surface area contributed by atoms with E-state index in [0.29, 0.717) is 5.52 Å². The smallest absolute Gasteiger partial charge is 0.325 e. The highest BCUT2D eigenvalue weighted by Crippen LogP contribution is 2.52. The summed E-state index contributed by atoms with van der Waals surface area (Å²) in [6.45, 7) is 6.71. The lowest BCUT2D eigenvalue weighted by Crippen LogP contribution is -2.63. The van der Waals surface area contributed by atoms with E-state index in [1.54, 1.807) is 13.8 Å². The van der Waals surface area contributed by atoms with Crippen LogP contribution < -0.4 is 5.69 Å². The molecule has 1 fully saturated rings. The lowest BCUT2D eigenvalue weighted by atomic mass is 9.72. The lowest BCUT2D eigenvalue weighted by Gasteiger charge is -2.47. The number of nitrogens with zero attached hydrogens (tertiary/aromatic N) is 2. The van der Waals surface area contributed by atoms with Gasteiger partial charge in [-0.2, -0.15) is 0 Å². The molecular formula is C16H24N4O5S. The Morgan fingerprint density at radius 2 is 2.00 bits per heavy atom. The molecular weight excluding hydrogens is 360 g/mol. The molecule has 144 valence electrons. The van der Waals surface area contributed by atoms with E-state index < -0.39 is 41.7 Å². The number of aliphatic hydroxyl groups is 3. The first-order valence-corrected chi connectivity index (χ1v) is 8.91. The molecule has 10 heteroatoms. The highest BCUT2D eigenvalue weighted by atomic mass is 32.1. The van der Waals surface area contributed by atoms with Gasteiger partial charge in [-0.15, -0.1) is 0 Å². The summed E-state index contributed by atoms with van der Waals surface area (Å²) in [4.78, 5) is 21.3. The van der Waals surface area contributed by atoms with Gasteiger partial charge in [-0.25, -0.2) is 9.78 Å². The van der Waals surface area contributed by atoms with Crippen LogP contribution >= 0.6 is 12.2 Å². The average molecular weight is 384 g/mol. The largest absolute Gasteiger partial charge is 0.394 e. The minimum atomic E-state index is -1.75. The molecule has 2 aromatic heterocycles. The Labute approximate surface area is 154 Å². The molecule has 0 radical (unpaired) electrons. The average Bonchev–Trinajstić information content (AvgIpc) is 3.07. The molecule has 9 nitrogen and oxygen atoms in total. The molecule has 3 heterocycles. The first-order valence-electron chi connectivity index (χ1n) is 8.50. The van der Waals surface area contributed by atoms with Crippen molar-refractivity contribution < 1.29 is 20.1 Å². The Bertz CT molecular complexity index is 935. The number of hydrogen-bond donors (Lipinski definition) is 5. The standard InChI is InChI=1S/C16H24N4O5S/c1-7(2)15(24)11(22)9(5-21)25-16(15,8(3)4)20-6-17-10-12(20)18-14(23)19-13(10)26/h6-9,11,21-22,24H,5H2,1-4H3,(H2,18,19,23,26)/t9-,11-,15-,16-/m1/s1. The molecule has 0 aliphatic carbocycles. The van der Waals surface area contributed by atoms with Crippen molar-refractivity contribution in [3.05, 3.63) is 21.5 Å². The van der Waals surface area contributed by atoms with Crippen LogP contribution in [0.15, 0.2) is 11.1 Å². The number of fused-ring (bicyclic) bond motifs is 1. The number of hydrogen-bond acceptors (Lipinski definition) is 7. The Balaban J connectivity index is 2.40. The molecule has 1 aliphatic rings. The van der Waals surface area contributed by atoms with Crippen LogP contribution in [-0.4, -0.2) is 59.3 Å². The second-order valence-corrected chi connectivity index (χ2v) is 7.74. The molecule has 5 N–H and O–H groups in total. The van der Waals surface area contributed by atoms with E-state index in [1.165, 1.54) is 10.9 Å². The fraction of sp³-hybridized carbons (Fsp3) is 0.688. The third-order valence-corrected chi connectivity index (χ3v) is 5.65. The first kappa shape index (κ1) is 19.2. The van der Waals surface area contributed by atoms with Gasteiger partial charge in [0.1, 0.15) is 33.6 Å². The Hall–Kier alpha value is -1.59. The van der Waals surface area contributed by atoms with E-state index in [0.717, 1.165) is 0 Å². The number of ether oxygens (including phenoxy) is 1. The second-order valence-electron chi connectivity index (χ2n) is 7.33. The summed E-state index contributed by atoms with van der Waals surface area (Å²) in [6, 6.07) is 0. The van der Waals surface area contributed by atoms with Gasteiger partial charge in [0.15, 0.2) is 5.72 Å². The Morgan fingerprint density at radius 3 is 2.54 bits per heavy atom. The molecule has 0 spiro atoms. The fourth-order valence-electron chi connectivity index (χ4n) is 4.09. The van der Waals surface area contributed by atoms with E-state index in [9.17, 15) is 20.1 Å². The number of rotatable bonds is 4. The van der Waals surface area contributed by atoms with Crippen molar-refractivity contribution in [2.75, 3.05) is 6.61 Å². The van der Waals surface area contributed by atoms with Crippen LogP contribution in [0, 0.1) is 16.5 Å². The molecule has 0 bridgehead atoms. The molecule has 4 atom stereocenters. The van der Waals surface area contributed by atoms with Gasteiger partial charge in [0, 0.05) is 5.92 Å². The number of aliphatic hydroxyl groups excluding tert-OH is 2. The molecule has 0 aromatic carbocycles. The van der Waals surface area contributed by atoms with Gasteiger partial charge >= 0.3 is 5.69 Å². The molecule has 0 amide bonds. The van der Waals surface area contributed by atoms with Crippen molar-refractivity contribution in [3.63, 3.8) is 0 Å². The van der Waals surface area contributed by atoms with Gasteiger partial charge in [0.25, 0.3) is 0 Å². The predicted octanol–water partition coefficient (Wildman–Crippen LogP) is 0.230. The van der Waals surface area contributed by atoms with Crippen LogP contribution in [0.4, 0.5) is 0 Å². The molecule has 26 heavy (non-hydrogen) atoms. The van der Waals surface area contributed by atoms with Crippen molar-refractivity contribution in [1.82, 2.24) is 19.5 Å². The first-order chi connectivity index (χ1) is 12.1. The van der Waals surface area contributed by atoms with Gasteiger partial charge in [-0.3, -0.25) is 14.5 Å². The highest BCUT2D eigenvalue weighted by molar-refractivity contribution is 7.71. The van der Waals surface area contributed by atoms with Crippen LogP contribution in [0.2, 0.25) is 0 Å². The molecule has 1 aliphatic heterocycles. The summed E-state index contributed by atoms with van der Waals surface area (Å²) in [5, 5.41) is 32.1. The number of aromatic nitrogens is 4. The van der Waals surface area contributed by atoms with E-state index in [1.807, 2.05) is 13.8 Å². The lowest BCUT2D eigenvalue weighted by molar-refractivity contribution is -0.235. The predicted molar refractivity (Wildman–Crippen MR) is 96.1 cm³/mol. The summed E-state index contributed by atoms with van der Waals surface area (Å²) >= 11 is 5.17. The zero-order valence-corrected chi connectivity index (χ0v) is 15.9. The number of aromatic amines is 2. The summed E-state index contributed by atoms with van der Waals surface area (Å²) in [6.07, 6.45) is -0.908. The van der Waals surface area contributed by atoms with E-state index >= 15 is 0 Å². The van der Waals surface area contributed by atoms with Gasteiger partial charge < -0.3 is 20.1 Å². The van der Waals surface area contributed by atoms with Crippen LogP contribution in [-0.2, 0) is 10.5 Å². The third kappa shape index (κ3) is 2.26. The highest BCUT2D eigenvalue weighted by Gasteiger charge is 2.68. The van der Waals surface area contributed by atoms with E-state index in [2.05, 4.69) is 15.0 Å². The van der Waals surface area contributed by atoms with E-state index in [4.69, 9.17) is 17.0 Å². The number of nitrogens with one attached hydrogen (secondary N) is 2. The molecule has 0 unspecified atom stereocenters. The fourth-order valence-corrected chi connectivity index (χ4v) is 4.33. The second kappa shape index (κ2) is 6.24. The topological polar surface area (TPSA) is 136 Å². The maximum absolute atomic E-state index is 11.9. The van der Waals surface area contributed by atoms with Crippen molar-refractivity contribution in [2.45, 2.75) is 51.2 Å². The molecule has 2 aromatic rings. The molecule has 3 rings (SSSR count). The van der Waals surface area contributed by atoms with Crippen molar-refractivity contribution >= 4 is 23.4 Å². The maximum Gasteiger partial charge on any atom is 0.325 e. The van der Waals surface area contributed by atoms with E-state index in [-0.39, 0.29) is 16.2 Å². The van der Waals surface area contributed by atoms with Gasteiger partial charge in [-0.1, -0.05) is 39.9 Å². The van der Waals surface area contributed by atoms with Crippen LogP contribution in [0.3, 0.4) is 0 Å². The normalized spacial score (nSPS) is 32.2. The van der Waals surface area contributed by atoms with Crippen molar-refractivity contribution in [2.24, 2.45) is 11.8 Å². The maximum atomic E-state index is 11.9. The van der Waals surface area contributed by atoms with Crippen LogP contribution in [0.25, 0.3) is 11.2 Å². The monoisotopic (exact) mass is 384 g/mol. The molecule has 1 saturated heterocycles. The van der Waals surface area contributed by atoms with Gasteiger partial charge in [-0.05, 0) is 5.92 Å². The number of imidazole rings is 1. The zero-order valence-electron chi connectivity index (χ0n) is 15.1. The van der Waals surface area contributed by atoms with Gasteiger partial charge in [0.05, 0.1) is 12.9 Å². The van der Waals surface area contributed by atoms with Crippen LogP contribution in [0.1, 0.15) is 27.7 Å². The van der Waals surface area contributed by atoms with Crippen molar-refractivity contribution in [3.8, 4) is 0 Å². The van der Waals surface area contributed by atoms with Gasteiger partial charge in [0.2, 0.25) is 0 Å². The SMILES string of the molecule is CC(C)[C@@]1(O)[C@H](O)[C@@H](CO)O[C@@]1(C(C)C)n1cnc2c(=S)[nH]c(=O)[nH]c21. The Morgan fingerprint density at radius 1 is 1.35 bits per heavy atom. The number of H-pyrrole nitrogens is 2. The quantitative estimate of drug-likeness (QED) is 0.476. The Kier molecular flexibility index (Phi) is 4.60. The minimum absolute atomic E-state index is 0.159. The van der Waals surface area contributed by atoms with Crippen LogP contribution in [0.5, 0.6) is 0 Å². The summed E-state index contributed by atoms with van der Waals surface area (Å²) in [7, 11) is 0. The third-order valence-electron chi connectivity index (χ3n) is 5.35. The summed E-state index contributed by atoms with van der Waals surface area (Å²) in [5.74, 6) is -0.779. The zero-order chi connectivity index (χ0) is 19.4. The summed E-state index contributed by atoms with van der Waals surface area (Å²) in [5.41, 5.74) is -3.13. The summed E-state index contributed by atoms with van der Waals surface area (Å²) < 4.78 is 7.76. The van der Waals surface area contributed by atoms with Crippen molar-refractivity contribution in [1.29, 1.82) is 0 Å².